The molecule has 1 aliphatic carbocycles. The number of hydrogen-bond donors (Lipinski definition) is 0. The summed E-state index contributed by atoms with van der Waals surface area (Å²) in [5.74, 6) is 1.51. The fraction of sp³-hybridized carbons (Fsp3) is 0.786. The molecule has 0 unspecified atom stereocenters. The molecule has 1 fully saturated rings. The summed E-state index contributed by atoms with van der Waals surface area (Å²) >= 11 is 0. The van der Waals surface area contributed by atoms with E-state index in [0.717, 1.165) is 23.8 Å². The molecule has 0 atom stereocenters. The predicted octanol–water partition coefficient (Wildman–Crippen LogP) is 3.71. The minimum absolute atomic E-state index is 0.160. The summed E-state index contributed by atoms with van der Waals surface area (Å²) in [6, 6.07) is 0. The molecule has 1 rings (SSSR count). The number of carbonyl (C=O) groups excluding carboxylic acids is 1. The third-order valence-corrected chi connectivity index (χ3v) is 3.49. The second-order valence-corrected chi connectivity index (χ2v) is 4.97. The summed E-state index contributed by atoms with van der Waals surface area (Å²) in [5.41, 5.74) is 0.764. The molecule has 1 saturated carbocycles. The van der Waals surface area contributed by atoms with E-state index in [1.54, 1.807) is 0 Å². The van der Waals surface area contributed by atoms with Crippen LogP contribution >= 0.6 is 0 Å². The van der Waals surface area contributed by atoms with Crippen molar-refractivity contribution in [3.8, 4) is 0 Å². The Morgan fingerprint density at radius 3 is 2.50 bits per heavy atom. The largest absolute Gasteiger partial charge is 0.463 e. The van der Waals surface area contributed by atoms with Crippen LogP contribution < -0.4 is 0 Å². The standard InChI is InChI=1S/C14H24O2/c1-4-16-14(15)12(3)7-10-13-8-5-11(2)6-9-13/h7,11,13H,4-6,8-10H2,1-3H3/b12-7+. The maximum Gasteiger partial charge on any atom is 0.333 e. The van der Waals surface area contributed by atoms with Crippen LogP contribution in [-0.4, -0.2) is 12.6 Å². The molecule has 2 heteroatoms. The molecule has 2 nitrogen and oxygen atoms in total. The first-order chi connectivity index (χ1) is 7.63. The van der Waals surface area contributed by atoms with E-state index >= 15 is 0 Å². The summed E-state index contributed by atoms with van der Waals surface area (Å²) in [6.45, 7) is 6.48. The zero-order valence-corrected chi connectivity index (χ0v) is 10.8. The first-order valence-corrected chi connectivity index (χ1v) is 6.47. The lowest BCUT2D eigenvalue weighted by Gasteiger charge is -2.25. The lowest BCUT2D eigenvalue weighted by Crippen LogP contribution is -2.12. The van der Waals surface area contributed by atoms with Gasteiger partial charge in [-0.05, 0) is 44.9 Å². The molecule has 0 amide bonds. The van der Waals surface area contributed by atoms with Gasteiger partial charge in [-0.3, -0.25) is 0 Å². The first-order valence-electron chi connectivity index (χ1n) is 6.47. The van der Waals surface area contributed by atoms with Gasteiger partial charge >= 0.3 is 5.97 Å². The highest BCUT2D eigenvalue weighted by atomic mass is 16.5. The predicted molar refractivity (Wildman–Crippen MR) is 66.1 cm³/mol. The quantitative estimate of drug-likeness (QED) is 0.537. The van der Waals surface area contributed by atoms with E-state index in [-0.39, 0.29) is 5.97 Å². The number of carbonyl (C=O) groups is 1. The van der Waals surface area contributed by atoms with Crippen LogP contribution in [0.3, 0.4) is 0 Å². The Kier molecular flexibility index (Phi) is 5.58. The van der Waals surface area contributed by atoms with Gasteiger partial charge in [-0.15, -0.1) is 0 Å². The number of ether oxygens (including phenoxy) is 1. The summed E-state index contributed by atoms with van der Waals surface area (Å²) in [4.78, 5) is 11.4. The summed E-state index contributed by atoms with van der Waals surface area (Å²) in [6.07, 6.45) is 8.41. The molecule has 0 aromatic rings. The van der Waals surface area contributed by atoms with Crippen molar-refractivity contribution < 1.29 is 9.53 Å². The van der Waals surface area contributed by atoms with Crippen molar-refractivity contribution in [2.75, 3.05) is 6.61 Å². The molecule has 92 valence electrons. The van der Waals surface area contributed by atoms with Gasteiger partial charge in [0, 0.05) is 5.57 Å². The van der Waals surface area contributed by atoms with Crippen molar-refractivity contribution in [1.82, 2.24) is 0 Å². The Morgan fingerprint density at radius 1 is 1.31 bits per heavy atom. The van der Waals surface area contributed by atoms with Crippen molar-refractivity contribution in [2.45, 2.75) is 52.9 Å². The molecule has 0 aliphatic heterocycles. The zero-order chi connectivity index (χ0) is 12.0. The molecule has 0 bridgehead atoms. The summed E-state index contributed by atoms with van der Waals surface area (Å²) in [5, 5.41) is 0. The third kappa shape index (κ3) is 4.38. The van der Waals surface area contributed by atoms with Gasteiger partial charge in [0.05, 0.1) is 6.61 Å². The van der Waals surface area contributed by atoms with E-state index in [1.165, 1.54) is 25.7 Å². The third-order valence-electron chi connectivity index (χ3n) is 3.49. The molecular weight excluding hydrogens is 200 g/mol. The van der Waals surface area contributed by atoms with Crippen molar-refractivity contribution in [2.24, 2.45) is 11.8 Å². The minimum atomic E-state index is -0.160. The first kappa shape index (κ1) is 13.3. The van der Waals surface area contributed by atoms with Gasteiger partial charge in [0.25, 0.3) is 0 Å². The van der Waals surface area contributed by atoms with Gasteiger partial charge in [-0.1, -0.05) is 25.8 Å². The fourth-order valence-electron chi connectivity index (χ4n) is 2.24. The maximum atomic E-state index is 11.4. The number of rotatable bonds is 4. The highest BCUT2D eigenvalue weighted by Crippen LogP contribution is 2.30. The Bertz CT molecular complexity index is 247. The number of allylic oxidation sites excluding steroid dienone is 1. The molecule has 0 saturated heterocycles. The average molecular weight is 224 g/mol. The SMILES string of the molecule is CCOC(=O)/C(C)=C/CC1CCC(C)CC1. The highest BCUT2D eigenvalue weighted by molar-refractivity contribution is 5.87. The van der Waals surface area contributed by atoms with Gasteiger partial charge < -0.3 is 4.74 Å². The van der Waals surface area contributed by atoms with Crippen molar-refractivity contribution in [1.29, 1.82) is 0 Å². The lowest BCUT2D eigenvalue weighted by molar-refractivity contribution is -0.138. The second-order valence-electron chi connectivity index (χ2n) is 4.97. The van der Waals surface area contributed by atoms with Crippen LogP contribution in [0, 0.1) is 11.8 Å². The van der Waals surface area contributed by atoms with E-state index < -0.39 is 0 Å². The van der Waals surface area contributed by atoms with Crippen LogP contribution in [0.25, 0.3) is 0 Å². The van der Waals surface area contributed by atoms with Crippen LogP contribution in [0.2, 0.25) is 0 Å². The van der Waals surface area contributed by atoms with Gasteiger partial charge in [0.2, 0.25) is 0 Å². The van der Waals surface area contributed by atoms with Gasteiger partial charge in [-0.25, -0.2) is 4.79 Å². The fourth-order valence-corrected chi connectivity index (χ4v) is 2.24. The molecule has 0 spiro atoms. The normalized spacial score (nSPS) is 26.6. The molecule has 0 aromatic carbocycles. The summed E-state index contributed by atoms with van der Waals surface area (Å²) < 4.78 is 4.95. The van der Waals surface area contributed by atoms with E-state index in [0.29, 0.717) is 6.61 Å². The number of hydrogen-bond acceptors (Lipinski definition) is 2. The average Bonchev–Trinajstić information content (AvgIpc) is 2.28. The molecular formula is C14H24O2. The topological polar surface area (TPSA) is 26.3 Å². The zero-order valence-electron chi connectivity index (χ0n) is 10.8. The highest BCUT2D eigenvalue weighted by Gasteiger charge is 2.17. The van der Waals surface area contributed by atoms with E-state index in [4.69, 9.17) is 4.74 Å². The Hall–Kier alpha value is -0.790. The van der Waals surface area contributed by atoms with Gasteiger partial charge in [0.1, 0.15) is 0 Å². The lowest BCUT2D eigenvalue weighted by atomic mass is 9.81. The summed E-state index contributed by atoms with van der Waals surface area (Å²) in [7, 11) is 0. The van der Waals surface area contributed by atoms with Crippen molar-refractivity contribution >= 4 is 5.97 Å². The van der Waals surface area contributed by atoms with Gasteiger partial charge in [-0.2, -0.15) is 0 Å². The van der Waals surface area contributed by atoms with Crippen LogP contribution in [0.1, 0.15) is 52.9 Å². The molecule has 0 aromatic heterocycles. The monoisotopic (exact) mass is 224 g/mol. The molecule has 0 N–H and O–H groups in total. The molecule has 1 aliphatic rings. The van der Waals surface area contributed by atoms with Crippen LogP contribution in [0.15, 0.2) is 11.6 Å². The van der Waals surface area contributed by atoms with Crippen LogP contribution in [0.4, 0.5) is 0 Å². The molecule has 0 radical (unpaired) electrons. The molecule has 0 heterocycles. The Balaban J connectivity index is 2.32. The van der Waals surface area contributed by atoms with E-state index in [9.17, 15) is 4.79 Å². The molecule has 16 heavy (non-hydrogen) atoms. The van der Waals surface area contributed by atoms with E-state index in [1.807, 2.05) is 13.8 Å². The van der Waals surface area contributed by atoms with Crippen LogP contribution in [-0.2, 0) is 9.53 Å². The van der Waals surface area contributed by atoms with Gasteiger partial charge in [0.15, 0.2) is 0 Å². The Labute approximate surface area is 99.1 Å². The van der Waals surface area contributed by atoms with Crippen molar-refractivity contribution in [3.05, 3.63) is 11.6 Å². The van der Waals surface area contributed by atoms with E-state index in [2.05, 4.69) is 13.0 Å². The Morgan fingerprint density at radius 2 is 1.94 bits per heavy atom. The minimum Gasteiger partial charge on any atom is -0.463 e. The smallest absolute Gasteiger partial charge is 0.333 e. The maximum absolute atomic E-state index is 11.4. The van der Waals surface area contributed by atoms with Crippen molar-refractivity contribution in [3.63, 3.8) is 0 Å². The number of esters is 1. The van der Waals surface area contributed by atoms with Crippen LogP contribution in [0.5, 0.6) is 0 Å². The second kappa shape index (κ2) is 6.72.